The molecule has 0 saturated carbocycles. The molecule has 2 N–H and O–H groups in total. The van der Waals surface area contributed by atoms with Crippen LogP contribution in [-0.4, -0.2) is 15.0 Å². The molecule has 0 atom stereocenters. The molecule has 0 bridgehead atoms. The highest BCUT2D eigenvalue weighted by atomic mass is 35.5. The number of hydrogen-bond acceptors (Lipinski definition) is 4. The Balaban J connectivity index is 3.06. The van der Waals surface area contributed by atoms with E-state index in [1.165, 1.54) is 0 Å². The van der Waals surface area contributed by atoms with Crippen molar-refractivity contribution in [3.8, 4) is 0 Å². The molecule has 4 nitrogen and oxygen atoms in total. The van der Waals surface area contributed by atoms with Crippen molar-refractivity contribution < 1.29 is 0 Å². The molecule has 1 aromatic rings. The zero-order valence-corrected chi connectivity index (χ0v) is 11.3. The highest BCUT2D eigenvalue weighted by Gasteiger charge is 2.30. The first-order valence-corrected chi connectivity index (χ1v) is 5.65. The van der Waals surface area contributed by atoms with Gasteiger partial charge in [0, 0.05) is 5.41 Å². The molecular formula is C11H19ClN4. The lowest BCUT2D eigenvalue weighted by atomic mass is 9.76. The summed E-state index contributed by atoms with van der Waals surface area (Å²) in [7, 11) is 0. The second-order valence-electron chi connectivity index (χ2n) is 5.91. The standard InChI is InChI=1S/C11H19ClN4/c1-10(2,3)6-11(4,5)7-14-8(12)16-9(13)15-7/h6H2,1-5H3,(H2,13,14,15,16). The van der Waals surface area contributed by atoms with Crippen LogP contribution in [0, 0.1) is 5.41 Å². The van der Waals surface area contributed by atoms with Crippen molar-refractivity contribution in [2.24, 2.45) is 5.41 Å². The maximum absolute atomic E-state index is 5.79. The minimum atomic E-state index is -0.168. The van der Waals surface area contributed by atoms with Crippen LogP contribution in [0.3, 0.4) is 0 Å². The van der Waals surface area contributed by atoms with Gasteiger partial charge in [-0.3, -0.25) is 0 Å². The average Bonchev–Trinajstić information content (AvgIpc) is 1.96. The molecule has 0 saturated heterocycles. The number of nitrogens with zero attached hydrogens (tertiary/aromatic N) is 3. The van der Waals surface area contributed by atoms with E-state index in [-0.39, 0.29) is 22.1 Å². The van der Waals surface area contributed by atoms with Gasteiger partial charge in [0.25, 0.3) is 0 Å². The molecule has 0 amide bonds. The van der Waals surface area contributed by atoms with E-state index in [0.29, 0.717) is 5.82 Å². The third-order valence-corrected chi connectivity index (χ3v) is 2.37. The van der Waals surface area contributed by atoms with Gasteiger partial charge in [0.15, 0.2) is 0 Å². The highest BCUT2D eigenvalue weighted by molar-refractivity contribution is 6.28. The molecule has 1 aromatic heterocycles. The highest BCUT2D eigenvalue weighted by Crippen LogP contribution is 2.34. The smallest absolute Gasteiger partial charge is 0.227 e. The summed E-state index contributed by atoms with van der Waals surface area (Å²) < 4.78 is 0. The van der Waals surface area contributed by atoms with Crippen LogP contribution < -0.4 is 5.73 Å². The average molecular weight is 243 g/mol. The first kappa shape index (κ1) is 13.2. The predicted octanol–water partition coefficient (Wildman–Crippen LogP) is 2.82. The number of anilines is 1. The van der Waals surface area contributed by atoms with Gasteiger partial charge >= 0.3 is 0 Å². The molecular weight excluding hydrogens is 224 g/mol. The van der Waals surface area contributed by atoms with Gasteiger partial charge in [-0.15, -0.1) is 0 Å². The van der Waals surface area contributed by atoms with Gasteiger partial charge in [-0.25, -0.2) is 4.98 Å². The summed E-state index contributed by atoms with van der Waals surface area (Å²) in [6.45, 7) is 10.7. The van der Waals surface area contributed by atoms with Gasteiger partial charge in [-0.2, -0.15) is 9.97 Å². The summed E-state index contributed by atoms with van der Waals surface area (Å²) in [5.74, 6) is 0.830. The third kappa shape index (κ3) is 3.59. The molecule has 0 fully saturated rings. The van der Waals surface area contributed by atoms with Gasteiger partial charge in [-0.05, 0) is 23.4 Å². The van der Waals surface area contributed by atoms with Crippen molar-refractivity contribution in [3.63, 3.8) is 0 Å². The summed E-state index contributed by atoms with van der Waals surface area (Å²) in [4.78, 5) is 12.1. The molecule has 0 radical (unpaired) electrons. The second kappa shape index (κ2) is 4.17. The number of nitrogens with two attached hydrogens (primary N) is 1. The Morgan fingerprint density at radius 2 is 1.62 bits per heavy atom. The van der Waals surface area contributed by atoms with Crippen LogP contribution in [-0.2, 0) is 5.41 Å². The Labute approximate surface area is 102 Å². The van der Waals surface area contributed by atoms with Crippen LogP contribution in [0.25, 0.3) is 0 Å². The van der Waals surface area contributed by atoms with E-state index in [9.17, 15) is 0 Å². The molecule has 5 heteroatoms. The lowest BCUT2D eigenvalue weighted by molar-refractivity contribution is 0.274. The first-order chi connectivity index (χ1) is 7.10. The minimum absolute atomic E-state index is 0.157. The van der Waals surface area contributed by atoms with E-state index in [4.69, 9.17) is 17.3 Å². The van der Waals surface area contributed by atoms with Gasteiger partial charge < -0.3 is 5.73 Å². The van der Waals surface area contributed by atoms with Gasteiger partial charge in [0.05, 0.1) is 0 Å². The van der Waals surface area contributed by atoms with E-state index >= 15 is 0 Å². The molecule has 0 unspecified atom stereocenters. The maximum atomic E-state index is 5.79. The molecule has 0 aliphatic carbocycles. The van der Waals surface area contributed by atoms with Crippen molar-refractivity contribution >= 4 is 17.5 Å². The van der Waals surface area contributed by atoms with E-state index < -0.39 is 0 Å². The topological polar surface area (TPSA) is 64.7 Å². The number of nitrogen functional groups attached to an aromatic ring is 1. The van der Waals surface area contributed by atoms with Gasteiger partial charge in [-0.1, -0.05) is 34.6 Å². The second-order valence-corrected chi connectivity index (χ2v) is 6.25. The lowest BCUT2D eigenvalue weighted by Crippen LogP contribution is -2.27. The maximum Gasteiger partial charge on any atom is 0.227 e. The fourth-order valence-electron chi connectivity index (χ4n) is 2.07. The summed E-state index contributed by atoms with van der Waals surface area (Å²) in [5.41, 5.74) is 5.60. The molecule has 0 aromatic carbocycles. The van der Waals surface area contributed by atoms with E-state index in [2.05, 4.69) is 49.6 Å². The zero-order chi connectivity index (χ0) is 12.6. The van der Waals surface area contributed by atoms with Gasteiger partial charge in [0.1, 0.15) is 5.82 Å². The van der Waals surface area contributed by atoms with Crippen molar-refractivity contribution in [1.82, 2.24) is 15.0 Å². The normalized spacial score (nSPS) is 12.9. The van der Waals surface area contributed by atoms with Crippen LogP contribution >= 0.6 is 11.6 Å². The number of hydrogen-bond donors (Lipinski definition) is 1. The number of aromatic nitrogens is 3. The molecule has 1 rings (SSSR count). The molecule has 1 heterocycles. The Kier molecular flexibility index (Phi) is 3.43. The molecule has 0 spiro atoms. The SMILES string of the molecule is CC(C)(C)CC(C)(C)c1nc(N)nc(Cl)n1. The lowest BCUT2D eigenvalue weighted by Gasteiger charge is -2.31. The van der Waals surface area contributed by atoms with Crippen LogP contribution in [0.1, 0.15) is 46.9 Å². The van der Waals surface area contributed by atoms with Crippen molar-refractivity contribution in [1.29, 1.82) is 0 Å². The summed E-state index contributed by atoms with van der Waals surface area (Å²) in [6, 6.07) is 0. The monoisotopic (exact) mass is 242 g/mol. The summed E-state index contributed by atoms with van der Waals surface area (Å²) in [5, 5.41) is 0.157. The summed E-state index contributed by atoms with van der Waals surface area (Å²) >= 11 is 5.79. The van der Waals surface area contributed by atoms with Crippen molar-refractivity contribution in [3.05, 3.63) is 11.1 Å². The van der Waals surface area contributed by atoms with E-state index in [1.54, 1.807) is 0 Å². The Morgan fingerprint density at radius 1 is 1.06 bits per heavy atom. The van der Waals surface area contributed by atoms with E-state index in [1.807, 2.05) is 0 Å². The fraction of sp³-hybridized carbons (Fsp3) is 0.727. The summed E-state index contributed by atoms with van der Waals surface area (Å²) in [6.07, 6.45) is 0.944. The molecule has 16 heavy (non-hydrogen) atoms. The molecule has 90 valence electrons. The predicted molar refractivity (Wildman–Crippen MR) is 66.3 cm³/mol. The molecule has 0 aliphatic rings. The number of halogens is 1. The third-order valence-electron chi connectivity index (χ3n) is 2.20. The zero-order valence-electron chi connectivity index (χ0n) is 10.5. The van der Waals surface area contributed by atoms with E-state index in [0.717, 1.165) is 6.42 Å². The van der Waals surface area contributed by atoms with Crippen LogP contribution in [0.15, 0.2) is 0 Å². The largest absolute Gasteiger partial charge is 0.368 e. The minimum Gasteiger partial charge on any atom is -0.368 e. The van der Waals surface area contributed by atoms with Crippen LogP contribution in [0.2, 0.25) is 5.28 Å². The van der Waals surface area contributed by atoms with Crippen molar-refractivity contribution in [2.75, 3.05) is 5.73 Å². The Bertz CT molecular complexity index is 362. The first-order valence-electron chi connectivity index (χ1n) is 5.28. The number of rotatable bonds is 2. The Hall–Kier alpha value is -0.900. The quantitative estimate of drug-likeness (QED) is 0.866. The van der Waals surface area contributed by atoms with Gasteiger partial charge in [0.2, 0.25) is 11.2 Å². The fourth-order valence-corrected chi connectivity index (χ4v) is 2.24. The Morgan fingerprint density at radius 3 is 2.06 bits per heavy atom. The molecule has 0 aliphatic heterocycles. The van der Waals surface area contributed by atoms with Crippen LogP contribution in [0.4, 0.5) is 5.95 Å². The van der Waals surface area contributed by atoms with Crippen molar-refractivity contribution in [2.45, 2.75) is 46.5 Å². The van der Waals surface area contributed by atoms with Crippen LogP contribution in [0.5, 0.6) is 0 Å².